The van der Waals surface area contributed by atoms with Crippen LogP contribution < -0.4 is 0 Å². The van der Waals surface area contributed by atoms with Gasteiger partial charge in [-0.05, 0) is 37.6 Å². The van der Waals surface area contributed by atoms with Gasteiger partial charge in [0.1, 0.15) is 0 Å². The van der Waals surface area contributed by atoms with Gasteiger partial charge < -0.3 is 15.1 Å². The maximum atomic E-state index is 10.4. The highest BCUT2D eigenvalue weighted by Gasteiger charge is 2.10. The summed E-state index contributed by atoms with van der Waals surface area (Å²) in [5, 5.41) is 18.2. The van der Waals surface area contributed by atoms with Crippen LogP contribution >= 0.6 is 15.9 Å². The van der Waals surface area contributed by atoms with E-state index in [0.29, 0.717) is 13.0 Å². The highest BCUT2D eigenvalue weighted by Crippen LogP contribution is 2.12. The first-order chi connectivity index (χ1) is 8.97. The number of carboxylic acid groups (broad SMARTS) is 1. The minimum atomic E-state index is -0.865. The summed E-state index contributed by atoms with van der Waals surface area (Å²) in [6, 6.07) is 8.14. The second-order valence-corrected chi connectivity index (χ2v) is 5.64. The van der Waals surface area contributed by atoms with Crippen molar-refractivity contribution in [1.82, 2.24) is 4.90 Å². The van der Waals surface area contributed by atoms with Crippen molar-refractivity contribution in [3.05, 3.63) is 34.3 Å². The van der Waals surface area contributed by atoms with Gasteiger partial charge in [0.05, 0.1) is 6.10 Å². The van der Waals surface area contributed by atoms with E-state index in [2.05, 4.69) is 28.1 Å². The van der Waals surface area contributed by atoms with Crippen LogP contribution in [0.25, 0.3) is 0 Å². The number of aliphatic carboxylic acids is 1. The fourth-order valence-electron chi connectivity index (χ4n) is 1.84. The first-order valence-corrected chi connectivity index (χ1v) is 7.09. The van der Waals surface area contributed by atoms with Gasteiger partial charge in [0.2, 0.25) is 0 Å². The average molecular weight is 330 g/mol. The van der Waals surface area contributed by atoms with E-state index in [4.69, 9.17) is 5.11 Å². The molecule has 0 heterocycles. The van der Waals surface area contributed by atoms with Gasteiger partial charge in [-0.25, -0.2) is 0 Å². The topological polar surface area (TPSA) is 60.8 Å². The highest BCUT2D eigenvalue weighted by atomic mass is 79.9. The van der Waals surface area contributed by atoms with Gasteiger partial charge in [-0.1, -0.05) is 28.1 Å². The number of likely N-dealkylation sites (N-methyl/N-ethyl adjacent to an activating group) is 1. The van der Waals surface area contributed by atoms with E-state index in [9.17, 15) is 9.90 Å². The van der Waals surface area contributed by atoms with Crippen LogP contribution in [-0.2, 0) is 11.2 Å². The molecule has 0 saturated carbocycles. The highest BCUT2D eigenvalue weighted by molar-refractivity contribution is 9.10. The molecule has 5 heteroatoms. The lowest BCUT2D eigenvalue weighted by molar-refractivity contribution is -0.137. The minimum Gasteiger partial charge on any atom is -0.481 e. The molecule has 1 aromatic carbocycles. The van der Waals surface area contributed by atoms with E-state index in [1.807, 2.05) is 24.1 Å². The second kappa shape index (κ2) is 8.30. The van der Waals surface area contributed by atoms with Gasteiger partial charge in [-0.3, -0.25) is 4.79 Å². The Labute approximate surface area is 122 Å². The Morgan fingerprint density at radius 1 is 1.47 bits per heavy atom. The molecule has 0 fully saturated rings. The van der Waals surface area contributed by atoms with Crippen molar-refractivity contribution < 1.29 is 15.0 Å². The summed E-state index contributed by atoms with van der Waals surface area (Å²) in [4.78, 5) is 12.4. The zero-order valence-corrected chi connectivity index (χ0v) is 12.6. The third-order valence-corrected chi connectivity index (χ3v) is 3.38. The van der Waals surface area contributed by atoms with Crippen LogP contribution in [0.5, 0.6) is 0 Å². The monoisotopic (exact) mass is 329 g/mol. The van der Waals surface area contributed by atoms with Crippen LogP contribution in [0.1, 0.15) is 18.4 Å². The molecule has 4 nitrogen and oxygen atoms in total. The number of benzene rings is 1. The third-order valence-electron chi connectivity index (χ3n) is 2.89. The molecule has 0 aliphatic carbocycles. The van der Waals surface area contributed by atoms with Crippen LogP contribution in [0.2, 0.25) is 0 Å². The third kappa shape index (κ3) is 7.30. The molecular weight excluding hydrogens is 310 g/mol. The summed E-state index contributed by atoms with van der Waals surface area (Å²) in [5.41, 5.74) is 1.24. The predicted octanol–water partition coefficient (Wildman–Crippen LogP) is 2.15. The number of carboxylic acids is 1. The van der Waals surface area contributed by atoms with E-state index < -0.39 is 12.1 Å². The van der Waals surface area contributed by atoms with E-state index in [1.54, 1.807) is 0 Å². The zero-order valence-electron chi connectivity index (χ0n) is 11.1. The fourth-order valence-corrected chi connectivity index (χ4v) is 2.29. The van der Waals surface area contributed by atoms with Gasteiger partial charge >= 0.3 is 5.97 Å². The van der Waals surface area contributed by atoms with Crippen molar-refractivity contribution >= 4 is 21.9 Å². The molecular formula is C14H20BrNO3. The molecule has 1 aromatic rings. The Balaban J connectivity index is 2.27. The Hall–Kier alpha value is -0.910. The number of carbonyl (C=O) groups is 1. The van der Waals surface area contributed by atoms with Crippen LogP contribution in [0.4, 0.5) is 0 Å². The molecule has 0 spiro atoms. The number of rotatable bonds is 8. The molecule has 1 rings (SSSR count). The first-order valence-electron chi connectivity index (χ1n) is 6.30. The summed E-state index contributed by atoms with van der Waals surface area (Å²) >= 11 is 3.43. The Kier molecular flexibility index (Phi) is 7.05. The summed E-state index contributed by atoms with van der Waals surface area (Å²) in [5.74, 6) is -0.865. The maximum absolute atomic E-state index is 10.4. The Morgan fingerprint density at radius 2 is 2.21 bits per heavy atom. The number of aliphatic hydroxyl groups is 1. The molecule has 0 radical (unpaired) electrons. The van der Waals surface area contributed by atoms with Gasteiger partial charge in [0, 0.05) is 24.0 Å². The summed E-state index contributed by atoms with van der Waals surface area (Å²) in [6.07, 6.45) is 0.641. The SMILES string of the molecule is CN(CCc1cccc(Br)c1)CC(O)CCC(=O)O. The predicted molar refractivity (Wildman–Crippen MR) is 78.2 cm³/mol. The number of hydrogen-bond acceptors (Lipinski definition) is 3. The second-order valence-electron chi connectivity index (χ2n) is 4.73. The summed E-state index contributed by atoms with van der Waals surface area (Å²) in [7, 11) is 1.93. The van der Waals surface area contributed by atoms with Crippen LogP contribution in [0.15, 0.2) is 28.7 Å². The molecule has 2 N–H and O–H groups in total. The lowest BCUT2D eigenvalue weighted by atomic mass is 10.1. The van der Waals surface area contributed by atoms with Crippen molar-refractivity contribution in [2.45, 2.75) is 25.4 Å². The summed E-state index contributed by atoms with van der Waals surface area (Å²) in [6.45, 7) is 1.34. The molecule has 0 amide bonds. The van der Waals surface area contributed by atoms with Crippen LogP contribution in [-0.4, -0.2) is 47.3 Å². The minimum absolute atomic E-state index is 0.0145. The molecule has 1 atom stereocenters. The fraction of sp³-hybridized carbons (Fsp3) is 0.500. The normalized spacial score (nSPS) is 12.6. The Morgan fingerprint density at radius 3 is 2.84 bits per heavy atom. The van der Waals surface area contributed by atoms with E-state index in [1.165, 1.54) is 5.56 Å². The molecule has 106 valence electrons. The molecule has 19 heavy (non-hydrogen) atoms. The first kappa shape index (κ1) is 16.1. The van der Waals surface area contributed by atoms with Crippen molar-refractivity contribution in [3.63, 3.8) is 0 Å². The number of nitrogens with zero attached hydrogens (tertiary/aromatic N) is 1. The van der Waals surface area contributed by atoms with E-state index >= 15 is 0 Å². The molecule has 0 bridgehead atoms. The lowest BCUT2D eigenvalue weighted by Gasteiger charge is -2.20. The zero-order chi connectivity index (χ0) is 14.3. The van der Waals surface area contributed by atoms with Crippen molar-refractivity contribution in [3.8, 4) is 0 Å². The molecule has 0 aliphatic heterocycles. The molecule has 1 unspecified atom stereocenters. The lowest BCUT2D eigenvalue weighted by Crippen LogP contribution is -2.31. The average Bonchev–Trinajstić information content (AvgIpc) is 2.34. The largest absolute Gasteiger partial charge is 0.481 e. The van der Waals surface area contributed by atoms with Crippen LogP contribution in [0, 0.1) is 0 Å². The molecule has 0 aliphatic rings. The van der Waals surface area contributed by atoms with Crippen molar-refractivity contribution in [2.75, 3.05) is 20.1 Å². The van der Waals surface area contributed by atoms with Gasteiger partial charge in [-0.15, -0.1) is 0 Å². The Bertz CT molecular complexity index is 411. The van der Waals surface area contributed by atoms with Gasteiger partial charge in [0.25, 0.3) is 0 Å². The molecule has 0 aromatic heterocycles. The number of hydrogen-bond donors (Lipinski definition) is 2. The smallest absolute Gasteiger partial charge is 0.303 e. The van der Waals surface area contributed by atoms with Gasteiger partial charge in [0.15, 0.2) is 0 Å². The van der Waals surface area contributed by atoms with E-state index in [0.717, 1.165) is 17.4 Å². The quantitative estimate of drug-likeness (QED) is 0.767. The van der Waals surface area contributed by atoms with Crippen LogP contribution in [0.3, 0.4) is 0 Å². The van der Waals surface area contributed by atoms with E-state index in [-0.39, 0.29) is 6.42 Å². The number of halogens is 1. The van der Waals surface area contributed by atoms with Crippen molar-refractivity contribution in [2.24, 2.45) is 0 Å². The van der Waals surface area contributed by atoms with Gasteiger partial charge in [-0.2, -0.15) is 0 Å². The van der Waals surface area contributed by atoms with Crippen molar-refractivity contribution in [1.29, 1.82) is 0 Å². The maximum Gasteiger partial charge on any atom is 0.303 e. The number of aliphatic hydroxyl groups excluding tert-OH is 1. The standard InChI is InChI=1S/C14H20BrNO3/c1-16(10-13(17)5-6-14(18)19)8-7-11-3-2-4-12(15)9-11/h2-4,9,13,17H,5-8,10H2,1H3,(H,18,19). The molecule has 0 saturated heterocycles. The summed E-state index contributed by atoms with van der Waals surface area (Å²) < 4.78 is 1.06.